The van der Waals surface area contributed by atoms with Gasteiger partial charge >= 0.3 is 0 Å². The molecule has 0 aromatic heterocycles. The van der Waals surface area contributed by atoms with Crippen LogP contribution in [0.15, 0.2) is 48.6 Å². The lowest BCUT2D eigenvalue weighted by Crippen LogP contribution is -2.49. The van der Waals surface area contributed by atoms with Gasteiger partial charge in [-0.25, -0.2) is 13.1 Å². The number of ether oxygens (including phenoxy) is 2. The molecule has 1 spiro atoms. The summed E-state index contributed by atoms with van der Waals surface area (Å²) in [5, 5.41) is 11.1. The number of nitrogens with one attached hydrogen (secondary N) is 1. The average molecular weight is 643 g/mol. The maximum Gasteiger partial charge on any atom is 0.264 e. The van der Waals surface area contributed by atoms with Crippen LogP contribution in [0.25, 0.3) is 0 Å². The van der Waals surface area contributed by atoms with Gasteiger partial charge in [-0.15, -0.1) is 0 Å². The highest BCUT2D eigenvalue weighted by atomic mass is 35.5. The number of sulfonamides is 1. The quantitative estimate of drug-likeness (QED) is 0.432. The van der Waals surface area contributed by atoms with Gasteiger partial charge in [-0.1, -0.05) is 29.8 Å². The number of allylic oxidation sites excluding steroid dienone is 1. The van der Waals surface area contributed by atoms with Crippen molar-refractivity contribution in [2.45, 2.75) is 81.2 Å². The first-order chi connectivity index (χ1) is 21.1. The zero-order chi connectivity index (χ0) is 31.1. The maximum absolute atomic E-state index is 13.5. The number of hydrogen-bond donors (Lipinski definition) is 2. The van der Waals surface area contributed by atoms with Crippen LogP contribution >= 0.6 is 11.6 Å². The number of nitrogens with zero attached hydrogens (tertiary/aromatic N) is 1. The molecule has 8 nitrogen and oxygen atoms in total. The van der Waals surface area contributed by atoms with Crippen molar-refractivity contribution in [3.8, 4) is 5.75 Å². The summed E-state index contributed by atoms with van der Waals surface area (Å²) in [6.45, 7) is 3.70. The number of amides is 1. The number of anilines is 1. The molecule has 1 fully saturated rings. The minimum Gasteiger partial charge on any atom is -0.490 e. The van der Waals surface area contributed by atoms with Gasteiger partial charge in [0.05, 0.1) is 29.8 Å². The zero-order valence-corrected chi connectivity index (χ0v) is 27.1. The molecule has 2 heterocycles. The molecule has 0 unspecified atom stereocenters. The smallest absolute Gasteiger partial charge is 0.264 e. The van der Waals surface area contributed by atoms with E-state index >= 15 is 0 Å². The molecule has 2 aliphatic carbocycles. The Kier molecular flexibility index (Phi) is 9.03. The third-order valence-corrected chi connectivity index (χ3v) is 12.3. The van der Waals surface area contributed by atoms with E-state index in [0.717, 1.165) is 42.8 Å². The number of aliphatic hydroxyl groups excluding tert-OH is 1. The summed E-state index contributed by atoms with van der Waals surface area (Å²) in [5.74, 6) is 0.400. The molecule has 1 saturated carbocycles. The van der Waals surface area contributed by atoms with Gasteiger partial charge in [0.15, 0.2) is 0 Å². The minimum atomic E-state index is -4.01. The summed E-state index contributed by atoms with van der Waals surface area (Å²) in [7, 11) is -2.46. The van der Waals surface area contributed by atoms with Gasteiger partial charge in [0.2, 0.25) is 10.0 Å². The van der Waals surface area contributed by atoms with Crippen molar-refractivity contribution in [1.82, 2.24) is 4.72 Å². The summed E-state index contributed by atoms with van der Waals surface area (Å²) < 4.78 is 41.3. The van der Waals surface area contributed by atoms with Gasteiger partial charge in [-0.2, -0.15) is 0 Å². The minimum absolute atomic E-state index is 0.111. The summed E-state index contributed by atoms with van der Waals surface area (Å²) >= 11 is 6.40. The zero-order valence-electron chi connectivity index (χ0n) is 25.5. The third-order valence-electron chi connectivity index (χ3n) is 10.3. The molecule has 2 bridgehead atoms. The summed E-state index contributed by atoms with van der Waals surface area (Å²) in [5.41, 5.74) is 3.27. The molecule has 2 N–H and O–H groups in total. The fraction of sp³-hybridized carbons (Fsp3) is 0.559. The Morgan fingerprint density at radius 1 is 1.20 bits per heavy atom. The third kappa shape index (κ3) is 6.26. The molecule has 2 aliphatic heterocycles. The first kappa shape index (κ1) is 31.4. The van der Waals surface area contributed by atoms with E-state index in [4.69, 9.17) is 21.1 Å². The highest BCUT2D eigenvalue weighted by molar-refractivity contribution is 7.90. The van der Waals surface area contributed by atoms with Crippen LogP contribution in [0.1, 0.15) is 73.4 Å². The number of rotatable bonds is 3. The van der Waals surface area contributed by atoms with Crippen LogP contribution < -0.4 is 14.4 Å². The monoisotopic (exact) mass is 642 g/mol. The van der Waals surface area contributed by atoms with E-state index in [1.165, 1.54) is 11.1 Å². The van der Waals surface area contributed by atoms with Gasteiger partial charge in [0.25, 0.3) is 5.91 Å². The first-order valence-corrected chi connectivity index (χ1v) is 17.8. The second kappa shape index (κ2) is 12.7. The lowest BCUT2D eigenvalue weighted by atomic mass is 9.68. The number of hydrogen-bond acceptors (Lipinski definition) is 7. The fourth-order valence-electron chi connectivity index (χ4n) is 7.61. The largest absolute Gasteiger partial charge is 0.490 e. The molecule has 0 saturated heterocycles. The van der Waals surface area contributed by atoms with Gasteiger partial charge in [0.1, 0.15) is 5.75 Å². The molecule has 6 rings (SSSR count). The lowest BCUT2D eigenvalue weighted by Gasteiger charge is -2.45. The van der Waals surface area contributed by atoms with E-state index in [2.05, 4.69) is 21.8 Å². The molecule has 4 aliphatic rings. The number of carbonyl (C=O) groups is 1. The van der Waals surface area contributed by atoms with E-state index < -0.39 is 27.3 Å². The second-order valence-corrected chi connectivity index (χ2v) is 15.6. The maximum atomic E-state index is 13.5. The predicted octanol–water partition coefficient (Wildman–Crippen LogP) is 5.40. The Bertz CT molecular complexity index is 1530. The van der Waals surface area contributed by atoms with Crippen LogP contribution in [0.3, 0.4) is 0 Å². The topological polar surface area (TPSA) is 105 Å². The van der Waals surface area contributed by atoms with Crippen LogP contribution in [0.5, 0.6) is 5.75 Å². The normalized spacial score (nSPS) is 31.4. The Labute approximate surface area is 265 Å². The molecular formula is C34H43ClN2O6S. The fourth-order valence-corrected chi connectivity index (χ4v) is 9.32. The molecule has 2 aromatic carbocycles. The molecule has 0 radical (unpaired) electrons. The second-order valence-electron chi connectivity index (χ2n) is 13.2. The summed E-state index contributed by atoms with van der Waals surface area (Å²) in [4.78, 5) is 15.8. The van der Waals surface area contributed by atoms with E-state index in [9.17, 15) is 18.3 Å². The van der Waals surface area contributed by atoms with E-state index in [1.807, 2.05) is 25.1 Å². The molecular weight excluding hydrogens is 600 g/mol. The summed E-state index contributed by atoms with van der Waals surface area (Å²) in [6.07, 6.45) is 8.73. The van der Waals surface area contributed by atoms with Crippen LogP contribution in [0.4, 0.5) is 5.69 Å². The van der Waals surface area contributed by atoms with E-state index in [0.29, 0.717) is 38.3 Å². The van der Waals surface area contributed by atoms with Crippen LogP contribution in [-0.4, -0.2) is 63.7 Å². The average Bonchev–Trinajstić information content (AvgIpc) is 3.12. The molecule has 44 heavy (non-hydrogen) atoms. The number of benzene rings is 2. The Morgan fingerprint density at radius 2 is 2.05 bits per heavy atom. The highest BCUT2D eigenvalue weighted by Crippen LogP contribution is 2.46. The number of aliphatic hydroxyl groups is 1. The molecule has 2 aromatic rings. The van der Waals surface area contributed by atoms with Crippen molar-refractivity contribution in [1.29, 1.82) is 0 Å². The van der Waals surface area contributed by atoms with Crippen molar-refractivity contribution in [2.75, 3.05) is 31.7 Å². The Morgan fingerprint density at radius 3 is 2.82 bits per heavy atom. The van der Waals surface area contributed by atoms with Gasteiger partial charge < -0.3 is 19.5 Å². The van der Waals surface area contributed by atoms with E-state index in [-0.39, 0.29) is 35.3 Å². The van der Waals surface area contributed by atoms with Crippen molar-refractivity contribution >= 4 is 33.2 Å². The van der Waals surface area contributed by atoms with Gasteiger partial charge in [-0.3, -0.25) is 4.79 Å². The van der Waals surface area contributed by atoms with Crippen LogP contribution in [0, 0.1) is 11.8 Å². The number of carbonyl (C=O) groups excluding carboxylic acids is 1. The number of halogens is 1. The molecule has 6 atom stereocenters. The molecule has 238 valence electrons. The number of methoxy groups -OCH3 is 1. The van der Waals surface area contributed by atoms with Gasteiger partial charge in [-0.05, 0) is 112 Å². The number of fused-ring (bicyclic) bond motifs is 4. The SMILES string of the molecule is CO[C@H](C)C[C@H]1CC/C=C\[C@H](O)[C@@H]2CC[C@H]2CN2C[C@@]3(CCCc4cc(Cl)ccc43)COc3ccc(cc32)C(=O)NS1(=O)=O. The first-order valence-electron chi connectivity index (χ1n) is 15.8. The molecule has 10 heteroatoms. The lowest BCUT2D eigenvalue weighted by molar-refractivity contribution is 0.0456. The summed E-state index contributed by atoms with van der Waals surface area (Å²) in [6, 6.07) is 11.4. The van der Waals surface area contributed by atoms with Crippen LogP contribution in [-0.2, 0) is 26.6 Å². The van der Waals surface area contributed by atoms with Crippen molar-refractivity contribution in [3.05, 3.63) is 70.3 Å². The van der Waals surface area contributed by atoms with Gasteiger partial charge in [0, 0.05) is 36.2 Å². The molecule has 1 amide bonds. The van der Waals surface area contributed by atoms with E-state index in [1.54, 1.807) is 25.3 Å². The van der Waals surface area contributed by atoms with Crippen molar-refractivity contribution < 1.29 is 27.8 Å². The van der Waals surface area contributed by atoms with Crippen molar-refractivity contribution in [3.63, 3.8) is 0 Å². The Hall–Kier alpha value is -2.59. The highest BCUT2D eigenvalue weighted by Gasteiger charge is 2.44. The van der Waals surface area contributed by atoms with Crippen molar-refractivity contribution in [2.24, 2.45) is 11.8 Å². The Balaban J connectivity index is 1.40. The predicted molar refractivity (Wildman–Crippen MR) is 172 cm³/mol. The standard InChI is InChI=1S/C34H43ClN2O6S/c1-22(42-2)16-27-7-3-4-8-31(38)28-12-9-25(28)19-37-20-34(15-5-6-23-17-26(35)11-13-29(23)34)21-43-32-14-10-24(18-30(32)37)33(39)36-44(27,40)41/h4,8,10-11,13-14,17-18,22,25,27-28,31,38H,3,5-7,9,12,15-16,19-21H2,1-2H3,(H,36,39)/b8-4-/t22-,25+,27-,28-,31+,34+/m1/s1. The number of aryl methyl sites for hydroxylation is 1. The van der Waals surface area contributed by atoms with Crippen LogP contribution in [0.2, 0.25) is 5.02 Å².